The number of aliphatic hydroxyl groups excluding tert-OH is 1. The molecule has 0 fully saturated rings. The van der Waals surface area contributed by atoms with Gasteiger partial charge in [0.2, 0.25) is 0 Å². The van der Waals surface area contributed by atoms with Gasteiger partial charge in [-0.3, -0.25) is 0 Å². The van der Waals surface area contributed by atoms with Gasteiger partial charge in [0.05, 0.1) is 5.02 Å². The highest BCUT2D eigenvalue weighted by Crippen LogP contribution is 2.31. The molecule has 1 unspecified atom stereocenters. The maximum absolute atomic E-state index is 10.5. The second-order valence-electron chi connectivity index (χ2n) is 5.31. The second-order valence-corrected chi connectivity index (χ2v) is 6.57. The number of halogens is 2. The van der Waals surface area contributed by atoms with Crippen LogP contribution in [-0.2, 0) is 12.8 Å². The van der Waals surface area contributed by atoms with Crippen molar-refractivity contribution >= 4 is 27.5 Å². The lowest BCUT2D eigenvalue weighted by Crippen LogP contribution is -2.06. The van der Waals surface area contributed by atoms with E-state index in [1.165, 1.54) is 24.0 Å². The number of fused-ring (bicyclic) bond motifs is 1. The molecule has 0 amide bonds. The summed E-state index contributed by atoms with van der Waals surface area (Å²) < 4.78 is 0.814. The summed E-state index contributed by atoms with van der Waals surface area (Å²) in [5.41, 5.74) is 4.64. The van der Waals surface area contributed by atoms with Crippen LogP contribution in [0.25, 0.3) is 0 Å². The van der Waals surface area contributed by atoms with Gasteiger partial charge in [0.1, 0.15) is 6.10 Å². The SMILES string of the molecule is OC(c1ccc(Cl)c(Br)c1)c1ccc2c(c1)CCCC2. The minimum Gasteiger partial charge on any atom is -0.384 e. The minimum absolute atomic E-state index is 0.601. The largest absolute Gasteiger partial charge is 0.384 e. The maximum Gasteiger partial charge on any atom is 0.104 e. The Bertz CT molecular complexity index is 639. The van der Waals surface area contributed by atoms with Gasteiger partial charge in [-0.2, -0.15) is 0 Å². The van der Waals surface area contributed by atoms with Gasteiger partial charge in [-0.15, -0.1) is 0 Å². The van der Waals surface area contributed by atoms with Crippen LogP contribution in [0.4, 0.5) is 0 Å². The summed E-state index contributed by atoms with van der Waals surface area (Å²) in [6.45, 7) is 0. The predicted molar refractivity (Wildman–Crippen MR) is 86.3 cm³/mol. The summed E-state index contributed by atoms with van der Waals surface area (Å²) in [6, 6.07) is 11.9. The molecule has 1 aliphatic rings. The Morgan fingerprint density at radius 1 is 0.950 bits per heavy atom. The highest BCUT2D eigenvalue weighted by Gasteiger charge is 2.15. The van der Waals surface area contributed by atoms with Crippen LogP contribution in [-0.4, -0.2) is 5.11 Å². The molecule has 20 heavy (non-hydrogen) atoms. The van der Waals surface area contributed by atoms with Crippen LogP contribution in [0.5, 0.6) is 0 Å². The Hall–Kier alpha value is -0.830. The average molecular weight is 352 g/mol. The van der Waals surface area contributed by atoms with E-state index in [0.29, 0.717) is 5.02 Å². The highest BCUT2D eigenvalue weighted by atomic mass is 79.9. The number of aliphatic hydroxyl groups is 1. The van der Waals surface area contributed by atoms with E-state index in [-0.39, 0.29) is 0 Å². The van der Waals surface area contributed by atoms with Crippen molar-refractivity contribution in [2.75, 3.05) is 0 Å². The Kier molecular flexibility index (Phi) is 4.16. The molecule has 1 N–H and O–H groups in total. The van der Waals surface area contributed by atoms with Crippen molar-refractivity contribution in [3.63, 3.8) is 0 Å². The monoisotopic (exact) mass is 350 g/mol. The van der Waals surface area contributed by atoms with E-state index < -0.39 is 6.10 Å². The molecular weight excluding hydrogens is 336 g/mol. The topological polar surface area (TPSA) is 20.2 Å². The Morgan fingerprint density at radius 3 is 2.35 bits per heavy atom. The Labute approximate surface area is 132 Å². The van der Waals surface area contributed by atoms with Crippen LogP contribution in [0.3, 0.4) is 0 Å². The van der Waals surface area contributed by atoms with E-state index in [2.05, 4.69) is 28.1 Å². The Morgan fingerprint density at radius 2 is 1.60 bits per heavy atom. The third-order valence-corrected chi connectivity index (χ3v) is 5.16. The van der Waals surface area contributed by atoms with Gasteiger partial charge in [0.15, 0.2) is 0 Å². The lowest BCUT2D eigenvalue weighted by Gasteiger charge is -2.19. The van der Waals surface area contributed by atoms with Crippen molar-refractivity contribution in [2.45, 2.75) is 31.8 Å². The minimum atomic E-state index is -0.601. The van der Waals surface area contributed by atoms with Gasteiger partial charge in [-0.25, -0.2) is 0 Å². The number of benzene rings is 2. The zero-order chi connectivity index (χ0) is 14.1. The smallest absolute Gasteiger partial charge is 0.104 e. The molecule has 3 rings (SSSR count). The molecule has 1 atom stereocenters. The van der Waals surface area contributed by atoms with Crippen LogP contribution in [0.2, 0.25) is 5.02 Å². The van der Waals surface area contributed by atoms with Crippen LogP contribution < -0.4 is 0 Å². The first-order valence-corrected chi connectivity index (χ1v) is 8.07. The molecule has 0 bridgehead atoms. The average Bonchev–Trinajstić information content (AvgIpc) is 2.49. The molecule has 0 heterocycles. The van der Waals surface area contributed by atoms with Crippen molar-refractivity contribution in [2.24, 2.45) is 0 Å². The van der Waals surface area contributed by atoms with Crippen molar-refractivity contribution in [1.29, 1.82) is 0 Å². The maximum atomic E-state index is 10.5. The summed E-state index contributed by atoms with van der Waals surface area (Å²) in [5, 5.41) is 11.2. The number of aryl methyl sites for hydroxylation is 2. The molecule has 0 aromatic heterocycles. The van der Waals surface area contributed by atoms with Gasteiger partial charge in [0.25, 0.3) is 0 Å². The summed E-state index contributed by atoms with van der Waals surface area (Å²) in [7, 11) is 0. The number of hydrogen-bond donors (Lipinski definition) is 1. The Balaban J connectivity index is 1.93. The standard InChI is InChI=1S/C17H16BrClO/c18-15-10-14(7-8-16(15)19)17(20)13-6-5-11-3-1-2-4-12(11)9-13/h5-10,17,20H,1-4H2. The molecule has 104 valence electrons. The molecule has 0 spiro atoms. The van der Waals surface area contributed by atoms with E-state index in [1.54, 1.807) is 0 Å². The molecule has 3 heteroatoms. The second kappa shape index (κ2) is 5.88. The summed E-state index contributed by atoms with van der Waals surface area (Å²) in [5.74, 6) is 0. The highest BCUT2D eigenvalue weighted by molar-refractivity contribution is 9.10. The lowest BCUT2D eigenvalue weighted by atomic mass is 9.88. The van der Waals surface area contributed by atoms with Crippen molar-refractivity contribution < 1.29 is 5.11 Å². The van der Waals surface area contributed by atoms with Gasteiger partial charge < -0.3 is 5.11 Å². The van der Waals surface area contributed by atoms with E-state index in [1.807, 2.05) is 24.3 Å². The van der Waals surface area contributed by atoms with Crippen LogP contribution >= 0.6 is 27.5 Å². The summed E-state index contributed by atoms with van der Waals surface area (Å²) in [6.07, 6.45) is 4.21. The zero-order valence-corrected chi connectivity index (χ0v) is 13.4. The summed E-state index contributed by atoms with van der Waals surface area (Å²) >= 11 is 9.40. The van der Waals surface area contributed by atoms with E-state index in [4.69, 9.17) is 11.6 Å². The van der Waals surface area contributed by atoms with Crippen LogP contribution in [0.15, 0.2) is 40.9 Å². The van der Waals surface area contributed by atoms with Gasteiger partial charge in [0, 0.05) is 4.47 Å². The number of rotatable bonds is 2. The fourth-order valence-corrected chi connectivity index (χ4v) is 3.31. The van der Waals surface area contributed by atoms with Gasteiger partial charge >= 0.3 is 0 Å². The molecule has 0 radical (unpaired) electrons. The van der Waals surface area contributed by atoms with Crippen LogP contribution in [0.1, 0.15) is 41.2 Å². The first-order valence-electron chi connectivity index (χ1n) is 6.90. The van der Waals surface area contributed by atoms with Gasteiger partial charge in [-0.1, -0.05) is 35.9 Å². The third kappa shape index (κ3) is 2.78. The zero-order valence-electron chi connectivity index (χ0n) is 11.1. The molecular formula is C17H16BrClO. The van der Waals surface area contributed by atoms with Gasteiger partial charge in [-0.05, 0) is 76.0 Å². The third-order valence-electron chi connectivity index (χ3n) is 3.95. The molecule has 0 aliphatic heterocycles. The number of hydrogen-bond acceptors (Lipinski definition) is 1. The normalized spacial score (nSPS) is 15.8. The van der Waals surface area contributed by atoms with Crippen molar-refractivity contribution in [3.8, 4) is 0 Å². The van der Waals surface area contributed by atoms with Crippen molar-refractivity contribution in [3.05, 3.63) is 68.1 Å². The molecule has 1 aliphatic carbocycles. The van der Waals surface area contributed by atoms with Crippen LogP contribution in [0, 0.1) is 0 Å². The first kappa shape index (κ1) is 14.1. The van der Waals surface area contributed by atoms with Crippen molar-refractivity contribution in [1.82, 2.24) is 0 Å². The van der Waals surface area contributed by atoms with E-state index in [9.17, 15) is 5.11 Å². The van der Waals surface area contributed by atoms with E-state index >= 15 is 0 Å². The lowest BCUT2D eigenvalue weighted by molar-refractivity contribution is 0.220. The molecule has 0 saturated heterocycles. The quantitative estimate of drug-likeness (QED) is 0.801. The predicted octanol–water partition coefficient (Wildman–Crippen LogP) is 5.06. The fraction of sp³-hybridized carbons (Fsp3) is 0.294. The first-order chi connectivity index (χ1) is 9.65. The molecule has 0 saturated carbocycles. The van der Waals surface area contributed by atoms with E-state index in [0.717, 1.165) is 28.4 Å². The molecule has 2 aromatic rings. The molecule has 2 aromatic carbocycles. The molecule has 1 nitrogen and oxygen atoms in total. The summed E-state index contributed by atoms with van der Waals surface area (Å²) in [4.78, 5) is 0. The fourth-order valence-electron chi connectivity index (χ4n) is 2.80.